The maximum absolute atomic E-state index is 13.6. The summed E-state index contributed by atoms with van der Waals surface area (Å²) in [5.74, 6) is 4.92. The number of hydrogen-bond acceptors (Lipinski definition) is 5. The number of urea groups is 1. The van der Waals surface area contributed by atoms with Crippen LogP contribution in [0, 0.1) is 11.8 Å². The SMILES string of the molecule is CCCc1cc(C(O)(C(F)(F)F)C(F)(F)F)cc(CCC)c1OCC#CCN1C(=O)NC(C)(C2=CCC(OC(C)C)C=C2)C1=O. The zero-order chi connectivity index (χ0) is 33.8. The van der Waals surface area contributed by atoms with Crippen molar-refractivity contribution in [2.45, 2.75) is 102 Å². The van der Waals surface area contributed by atoms with E-state index in [1.54, 1.807) is 26.8 Å². The highest BCUT2D eigenvalue weighted by Gasteiger charge is 2.71. The Kier molecular flexibility index (Phi) is 11.1. The summed E-state index contributed by atoms with van der Waals surface area (Å²) < 4.78 is 93.2. The molecule has 45 heavy (non-hydrogen) atoms. The second kappa shape index (κ2) is 13.9. The van der Waals surface area contributed by atoms with Gasteiger partial charge in [0, 0.05) is 5.56 Å². The molecule has 2 atom stereocenters. The standard InChI is InChI=1S/C32H38F6N2O5/c1-6-10-21-18-24(30(43,31(33,34)35)32(36,37)38)19-22(11-7-2)26(21)44-17-9-8-16-40-27(41)29(5,39-28(40)42)23-12-14-25(15-13-23)45-20(3)4/h12-14,18-20,25,43H,6-7,10-11,15-17H2,1-5H3,(H,39,42). The van der Waals surface area contributed by atoms with Crippen molar-refractivity contribution in [3.8, 4) is 17.6 Å². The highest BCUT2D eigenvalue weighted by molar-refractivity contribution is 6.09. The van der Waals surface area contributed by atoms with Crippen LogP contribution in [0.25, 0.3) is 0 Å². The predicted molar refractivity (Wildman–Crippen MR) is 154 cm³/mol. The monoisotopic (exact) mass is 644 g/mol. The Morgan fingerprint density at radius 3 is 2.09 bits per heavy atom. The summed E-state index contributed by atoms with van der Waals surface area (Å²) >= 11 is 0. The number of ether oxygens (including phenoxy) is 2. The molecule has 1 heterocycles. The van der Waals surface area contributed by atoms with Gasteiger partial charge < -0.3 is 19.9 Å². The van der Waals surface area contributed by atoms with Gasteiger partial charge in [0.05, 0.1) is 18.8 Å². The molecular weight excluding hydrogens is 606 g/mol. The highest BCUT2D eigenvalue weighted by Crippen LogP contribution is 2.51. The lowest BCUT2D eigenvalue weighted by Crippen LogP contribution is -2.54. The van der Waals surface area contributed by atoms with E-state index >= 15 is 0 Å². The molecule has 248 valence electrons. The van der Waals surface area contributed by atoms with Gasteiger partial charge in [0.25, 0.3) is 11.5 Å². The number of halogens is 6. The van der Waals surface area contributed by atoms with Crippen molar-refractivity contribution in [1.82, 2.24) is 10.2 Å². The van der Waals surface area contributed by atoms with Crippen LogP contribution >= 0.6 is 0 Å². The molecule has 2 unspecified atom stereocenters. The van der Waals surface area contributed by atoms with E-state index in [4.69, 9.17) is 9.47 Å². The van der Waals surface area contributed by atoms with Gasteiger partial charge in [-0.1, -0.05) is 56.8 Å². The predicted octanol–water partition coefficient (Wildman–Crippen LogP) is 6.28. The fourth-order valence-corrected chi connectivity index (χ4v) is 5.30. The number of hydrogen-bond donors (Lipinski definition) is 2. The molecule has 13 heteroatoms. The van der Waals surface area contributed by atoms with Crippen molar-refractivity contribution in [2.75, 3.05) is 13.2 Å². The minimum atomic E-state index is -6.02. The second-order valence-electron chi connectivity index (χ2n) is 11.4. The van der Waals surface area contributed by atoms with Gasteiger partial charge in [-0.2, -0.15) is 26.3 Å². The van der Waals surface area contributed by atoms with Crippen molar-refractivity contribution in [2.24, 2.45) is 0 Å². The number of alkyl halides is 6. The molecule has 0 bridgehead atoms. The van der Waals surface area contributed by atoms with E-state index in [2.05, 4.69) is 17.2 Å². The number of nitrogens with zero attached hydrogens (tertiary/aromatic N) is 1. The van der Waals surface area contributed by atoms with Crippen molar-refractivity contribution < 1.29 is 50.5 Å². The topological polar surface area (TPSA) is 88.1 Å². The number of aliphatic hydroxyl groups is 1. The van der Waals surface area contributed by atoms with Gasteiger partial charge in [0.1, 0.15) is 17.9 Å². The zero-order valence-electron chi connectivity index (χ0n) is 25.8. The molecule has 2 aliphatic rings. The van der Waals surface area contributed by atoms with Crippen molar-refractivity contribution in [3.63, 3.8) is 0 Å². The van der Waals surface area contributed by atoms with E-state index in [0.717, 1.165) is 4.90 Å². The third-order valence-electron chi connectivity index (χ3n) is 7.53. The lowest BCUT2D eigenvalue weighted by atomic mass is 9.87. The smallest absolute Gasteiger partial charge is 0.430 e. The van der Waals surface area contributed by atoms with E-state index < -0.39 is 41.0 Å². The minimum Gasteiger partial charge on any atom is -0.480 e. The molecule has 1 fully saturated rings. The summed E-state index contributed by atoms with van der Waals surface area (Å²) in [5, 5.41) is 12.7. The van der Waals surface area contributed by atoms with Gasteiger partial charge in [-0.15, -0.1) is 0 Å². The van der Waals surface area contributed by atoms with Crippen molar-refractivity contribution in [3.05, 3.63) is 52.6 Å². The van der Waals surface area contributed by atoms with Gasteiger partial charge in [-0.3, -0.25) is 9.69 Å². The fraction of sp³-hybridized carbons (Fsp3) is 0.562. The summed E-state index contributed by atoms with van der Waals surface area (Å²) in [7, 11) is 0. The summed E-state index contributed by atoms with van der Waals surface area (Å²) in [6.45, 7) is 8.22. The molecule has 2 N–H and O–H groups in total. The number of aryl methyl sites for hydroxylation is 2. The largest absolute Gasteiger partial charge is 0.480 e. The lowest BCUT2D eigenvalue weighted by molar-refractivity contribution is -0.376. The summed E-state index contributed by atoms with van der Waals surface area (Å²) in [6.07, 6.45) is -5.30. The molecule has 1 aromatic carbocycles. The Hall–Kier alpha value is -3.50. The maximum Gasteiger partial charge on any atom is 0.430 e. The molecule has 0 spiro atoms. The van der Waals surface area contributed by atoms with Crippen LogP contribution in [-0.4, -0.2) is 65.2 Å². The fourth-order valence-electron chi connectivity index (χ4n) is 5.30. The molecule has 1 aromatic rings. The normalized spacial score (nSPS) is 20.7. The van der Waals surface area contributed by atoms with Crippen LogP contribution in [0.2, 0.25) is 0 Å². The summed E-state index contributed by atoms with van der Waals surface area (Å²) in [5.41, 5.74) is -6.95. The van der Waals surface area contributed by atoms with Gasteiger partial charge >= 0.3 is 18.4 Å². The third kappa shape index (κ3) is 7.49. The molecule has 1 aliphatic heterocycles. The number of benzene rings is 1. The molecular formula is C32H38F6N2O5. The first-order valence-electron chi connectivity index (χ1n) is 14.7. The van der Waals surface area contributed by atoms with Crippen LogP contribution in [0.1, 0.15) is 70.6 Å². The number of rotatable bonds is 11. The lowest BCUT2D eigenvalue weighted by Gasteiger charge is -2.33. The Morgan fingerprint density at radius 1 is 1.04 bits per heavy atom. The first-order chi connectivity index (χ1) is 20.9. The highest BCUT2D eigenvalue weighted by atomic mass is 19.4. The van der Waals surface area contributed by atoms with Gasteiger partial charge in [0.2, 0.25) is 0 Å². The molecule has 0 saturated carbocycles. The Balaban J connectivity index is 1.79. The van der Waals surface area contributed by atoms with Crippen LogP contribution in [0.4, 0.5) is 31.1 Å². The molecule has 1 saturated heterocycles. The van der Waals surface area contributed by atoms with E-state index in [-0.39, 0.29) is 55.1 Å². The third-order valence-corrected chi connectivity index (χ3v) is 7.53. The second-order valence-corrected chi connectivity index (χ2v) is 11.4. The Morgan fingerprint density at radius 2 is 1.62 bits per heavy atom. The first-order valence-corrected chi connectivity index (χ1v) is 14.7. The number of carbonyl (C=O) groups excluding carboxylic acids is 2. The van der Waals surface area contributed by atoms with Crippen LogP contribution in [0.15, 0.2) is 35.9 Å². The van der Waals surface area contributed by atoms with Gasteiger partial charge in [-0.25, -0.2) is 4.79 Å². The number of nitrogens with one attached hydrogen (secondary N) is 1. The molecule has 0 radical (unpaired) electrons. The van der Waals surface area contributed by atoms with E-state index in [0.29, 0.717) is 37.0 Å². The van der Waals surface area contributed by atoms with Crippen molar-refractivity contribution >= 4 is 11.9 Å². The van der Waals surface area contributed by atoms with Crippen molar-refractivity contribution in [1.29, 1.82) is 0 Å². The zero-order valence-corrected chi connectivity index (χ0v) is 25.8. The number of imide groups is 1. The van der Waals surface area contributed by atoms with Crippen LogP contribution in [0.5, 0.6) is 5.75 Å². The van der Waals surface area contributed by atoms with Crippen LogP contribution in [0.3, 0.4) is 0 Å². The average molecular weight is 645 g/mol. The molecule has 0 aromatic heterocycles. The average Bonchev–Trinajstić information content (AvgIpc) is 3.15. The van der Waals surface area contributed by atoms with Gasteiger partial charge in [0.15, 0.2) is 0 Å². The molecule has 3 rings (SSSR count). The maximum atomic E-state index is 13.6. The van der Waals surface area contributed by atoms with E-state index in [1.807, 2.05) is 26.0 Å². The Bertz CT molecular complexity index is 1350. The number of amides is 3. The van der Waals surface area contributed by atoms with E-state index in [1.165, 1.54) is 0 Å². The van der Waals surface area contributed by atoms with Gasteiger partial charge in [-0.05, 0) is 68.9 Å². The summed E-state index contributed by atoms with van der Waals surface area (Å²) in [4.78, 5) is 26.8. The molecule has 1 aliphatic carbocycles. The quantitative estimate of drug-likeness (QED) is 0.168. The number of carbonyl (C=O) groups is 2. The Labute approximate surface area is 258 Å². The summed E-state index contributed by atoms with van der Waals surface area (Å²) in [6, 6.07) is 0.707. The van der Waals surface area contributed by atoms with E-state index in [9.17, 15) is 41.0 Å². The van der Waals surface area contributed by atoms with Crippen LogP contribution in [-0.2, 0) is 28.0 Å². The molecule has 3 amide bonds. The minimum absolute atomic E-state index is 0.0238. The van der Waals surface area contributed by atoms with Crippen LogP contribution < -0.4 is 10.1 Å². The molecule has 7 nitrogen and oxygen atoms in total. The first kappa shape index (κ1) is 36.0.